The molecule has 1 aliphatic rings. The number of aliphatic hydroxyl groups excluding tert-OH is 1. The molecule has 0 aliphatic heterocycles. The average molecular weight is 224 g/mol. The van der Waals surface area contributed by atoms with Gasteiger partial charge in [0.05, 0.1) is 12.0 Å². The van der Waals surface area contributed by atoms with E-state index >= 15 is 0 Å². The molecule has 1 aliphatic carbocycles. The topological polar surface area (TPSA) is 54.4 Å². The fraction of sp³-hybridized carbons (Fsp3) is 0.692. The van der Waals surface area contributed by atoms with E-state index in [-0.39, 0.29) is 24.1 Å². The Bertz CT molecular complexity index is 354. The zero-order chi connectivity index (χ0) is 12.5. The maximum absolute atomic E-state index is 12.2. The van der Waals surface area contributed by atoms with Crippen molar-refractivity contribution in [3.05, 3.63) is 11.1 Å². The lowest BCUT2D eigenvalue weighted by atomic mass is 9.80. The van der Waals surface area contributed by atoms with Crippen molar-refractivity contribution in [1.29, 1.82) is 0 Å². The van der Waals surface area contributed by atoms with E-state index in [2.05, 4.69) is 0 Å². The second-order valence-electron chi connectivity index (χ2n) is 4.70. The number of ketones is 2. The zero-order valence-electron chi connectivity index (χ0n) is 10.5. The summed E-state index contributed by atoms with van der Waals surface area (Å²) in [7, 11) is 0. The van der Waals surface area contributed by atoms with Gasteiger partial charge in [-0.3, -0.25) is 9.59 Å². The summed E-state index contributed by atoms with van der Waals surface area (Å²) in [4.78, 5) is 24.3. The van der Waals surface area contributed by atoms with Gasteiger partial charge >= 0.3 is 0 Å². The van der Waals surface area contributed by atoms with Gasteiger partial charge in [-0.2, -0.15) is 0 Å². The number of Topliss-reactive ketones (excluding diaryl/α,β-unsaturated/α-hetero) is 2. The van der Waals surface area contributed by atoms with Crippen molar-refractivity contribution in [2.45, 2.75) is 40.5 Å². The van der Waals surface area contributed by atoms with E-state index in [0.717, 1.165) is 6.42 Å². The molecule has 0 heterocycles. The first-order valence-corrected chi connectivity index (χ1v) is 5.87. The van der Waals surface area contributed by atoms with Crippen molar-refractivity contribution in [2.75, 3.05) is 6.61 Å². The van der Waals surface area contributed by atoms with Crippen molar-refractivity contribution in [2.24, 2.45) is 11.3 Å². The van der Waals surface area contributed by atoms with Crippen LogP contribution in [0.5, 0.6) is 0 Å². The van der Waals surface area contributed by atoms with Gasteiger partial charge in [-0.05, 0) is 25.7 Å². The molecule has 1 rings (SSSR count). The third kappa shape index (κ3) is 1.63. The molecular weight excluding hydrogens is 204 g/mol. The van der Waals surface area contributed by atoms with Crippen LogP contribution in [0, 0.1) is 11.3 Å². The standard InChI is InChI=1S/C13H20O3/c1-5-8(3)10-9(7-14)11(15)13(4,6-2)12(10)16/h8,14H,5-7H2,1-4H3/t8-,13+/m1/s1. The van der Waals surface area contributed by atoms with Gasteiger partial charge in [0.2, 0.25) is 0 Å². The van der Waals surface area contributed by atoms with Gasteiger partial charge in [0, 0.05) is 11.1 Å². The fourth-order valence-electron chi connectivity index (χ4n) is 2.20. The van der Waals surface area contributed by atoms with Gasteiger partial charge in [0.15, 0.2) is 11.6 Å². The molecule has 0 bridgehead atoms. The van der Waals surface area contributed by atoms with Crippen molar-refractivity contribution < 1.29 is 14.7 Å². The lowest BCUT2D eigenvalue weighted by Gasteiger charge is -2.19. The highest BCUT2D eigenvalue weighted by molar-refractivity contribution is 6.27. The molecule has 0 radical (unpaired) electrons. The molecule has 0 aromatic rings. The Kier molecular flexibility index (Phi) is 3.68. The average Bonchev–Trinajstić information content (AvgIpc) is 2.49. The Balaban J connectivity index is 3.27. The molecule has 1 N–H and O–H groups in total. The van der Waals surface area contributed by atoms with Crippen molar-refractivity contribution >= 4 is 11.6 Å². The maximum atomic E-state index is 12.2. The second-order valence-corrected chi connectivity index (χ2v) is 4.70. The zero-order valence-corrected chi connectivity index (χ0v) is 10.5. The van der Waals surface area contributed by atoms with E-state index in [1.165, 1.54) is 0 Å². The van der Waals surface area contributed by atoms with Crippen LogP contribution in [0.15, 0.2) is 11.1 Å². The number of hydrogen-bond donors (Lipinski definition) is 1. The largest absolute Gasteiger partial charge is 0.392 e. The minimum absolute atomic E-state index is 0.0481. The summed E-state index contributed by atoms with van der Waals surface area (Å²) in [6, 6.07) is 0. The van der Waals surface area contributed by atoms with Gasteiger partial charge < -0.3 is 5.11 Å². The Labute approximate surface area is 96.5 Å². The molecule has 0 saturated carbocycles. The SMILES string of the molecule is CC[C@@H](C)C1=C(CO)C(=O)[C@](C)(CC)C1=O. The maximum Gasteiger partial charge on any atom is 0.175 e. The number of carbonyl (C=O) groups excluding carboxylic acids is 2. The normalized spacial score (nSPS) is 27.8. The van der Waals surface area contributed by atoms with Crippen LogP contribution in [-0.2, 0) is 9.59 Å². The molecule has 3 heteroatoms. The molecule has 0 unspecified atom stereocenters. The van der Waals surface area contributed by atoms with Crippen molar-refractivity contribution in [3.8, 4) is 0 Å². The van der Waals surface area contributed by atoms with Gasteiger partial charge in [-0.15, -0.1) is 0 Å². The molecule has 0 aromatic heterocycles. The lowest BCUT2D eigenvalue weighted by Crippen LogP contribution is -2.31. The Morgan fingerprint density at radius 3 is 2.19 bits per heavy atom. The van der Waals surface area contributed by atoms with E-state index in [1.807, 2.05) is 20.8 Å². The van der Waals surface area contributed by atoms with Gasteiger partial charge in [0.25, 0.3) is 0 Å². The summed E-state index contributed by atoms with van der Waals surface area (Å²) in [6.45, 7) is 7.11. The first-order valence-electron chi connectivity index (χ1n) is 5.87. The van der Waals surface area contributed by atoms with Crippen LogP contribution in [0.2, 0.25) is 0 Å². The van der Waals surface area contributed by atoms with E-state index in [0.29, 0.717) is 17.6 Å². The highest BCUT2D eigenvalue weighted by atomic mass is 16.3. The Morgan fingerprint density at radius 2 is 1.81 bits per heavy atom. The molecule has 16 heavy (non-hydrogen) atoms. The summed E-state index contributed by atoms with van der Waals surface area (Å²) in [5.74, 6) is -0.219. The molecule has 3 nitrogen and oxygen atoms in total. The first kappa shape index (κ1) is 13.1. The van der Waals surface area contributed by atoms with Crippen LogP contribution in [0.3, 0.4) is 0 Å². The molecule has 0 fully saturated rings. The van der Waals surface area contributed by atoms with Gasteiger partial charge in [-0.25, -0.2) is 0 Å². The van der Waals surface area contributed by atoms with Crippen LogP contribution in [0.25, 0.3) is 0 Å². The summed E-state index contributed by atoms with van der Waals surface area (Å²) < 4.78 is 0. The summed E-state index contributed by atoms with van der Waals surface area (Å²) in [5.41, 5.74) is -0.0420. The summed E-state index contributed by atoms with van der Waals surface area (Å²) >= 11 is 0. The minimum Gasteiger partial charge on any atom is -0.392 e. The third-order valence-electron chi connectivity index (χ3n) is 3.82. The number of hydrogen-bond acceptors (Lipinski definition) is 3. The quantitative estimate of drug-likeness (QED) is 0.742. The van der Waals surface area contributed by atoms with Gasteiger partial charge in [0.1, 0.15) is 0 Å². The van der Waals surface area contributed by atoms with Crippen LogP contribution in [0.4, 0.5) is 0 Å². The molecule has 0 spiro atoms. The summed E-state index contributed by atoms with van der Waals surface area (Å²) in [5, 5.41) is 9.27. The first-order chi connectivity index (χ1) is 7.43. The van der Waals surface area contributed by atoms with Crippen molar-refractivity contribution in [3.63, 3.8) is 0 Å². The van der Waals surface area contributed by atoms with Crippen molar-refractivity contribution in [1.82, 2.24) is 0 Å². The van der Waals surface area contributed by atoms with E-state index in [1.54, 1.807) is 6.92 Å². The van der Waals surface area contributed by atoms with Crippen LogP contribution < -0.4 is 0 Å². The number of rotatable bonds is 4. The van der Waals surface area contributed by atoms with E-state index in [4.69, 9.17) is 0 Å². The highest BCUT2D eigenvalue weighted by Crippen LogP contribution is 2.41. The summed E-state index contributed by atoms with van der Waals surface area (Å²) in [6.07, 6.45) is 1.30. The molecule has 90 valence electrons. The van der Waals surface area contributed by atoms with E-state index < -0.39 is 5.41 Å². The number of carbonyl (C=O) groups is 2. The molecule has 2 atom stereocenters. The smallest absolute Gasteiger partial charge is 0.175 e. The van der Waals surface area contributed by atoms with Crippen LogP contribution in [0.1, 0.15) is 40.5 Å². The fourth-order valence-corrected chi connectivity index (χ4v) is 2.20. The molecule has 0 saturated heterocycles. The van der Waals surface area contributed by atoms with Gasteiger partial charge in [-0.1, -0.05) is 20.8 Å². The minimum atomic E-state index is -0.934. The molecular formula is C13H20O3. The van der Waals surface area contributed by atoms with Crippen LogP contribution in [-0.4, -0.2) is 23.3 Å². The Morgan fingerprint density at radius 1 is 1.25 bits per heavy atom. The van der Waals surface area contributed by atoms with E-state index in [9.17, 15) is 14.7 Å². The monoisotopic (exact) mass is 224 g/mol. The number of aliphatic hydroxyl groups is 1. The third-order valence-corrected chi connectivity index (χ3v) is 3.82. The predicted octanol–water partition coefficient (Wildman–Crippen LogP) is 1.89. The molecule has 0 aromatic carbocycles. The highest BCUT2D eigenvalue weighted by Gasteiger charge is 2.49. The second kappa shape index (κ2) is 4.50. The Hall–Kier alpha value is -0.960. The predicted molar refractivity (Wildman–Crippen MR) is 62.0 cm³/mol. The molecule has 0 amide bonds. The number of allylic oxidation sites excluding steroid dienone is 1. The van der Waals surface area contributed by atoms with Crippen LogP contribution >= 0.6 is 0 Å². The lowest BCUT2D eigenvalue weighted by molar-refractivity contribution is -0.133.